The Morgan fingerprint density at radius 3 is 1.75 bits per heavy atom. The van der Waals surface area contributed by atoms with Crippen molar-refractivity contribution in [3.05, 3.63) is 21.8 Å². The summed E-state index contributed by atoms with van der Waals surface area (Å²) in [6.07, 6.45) is 13.6. The molecule has 0 unspecified atom stereocenters. The minimum absolute atomic E-state index is 0.207. The van der Waals surface area contributed by atoms with E-state index in [2.05, 4.69) is 57.8 Å². The van der Waals surface area contributed by atoms with Gasteiger partial charge in [0.1, 0.15) is 0 Å². The van der Waals surface area contributed by atoms with Gasteiger partial charge < -0.3 is 0 Å². The molecule has 0 saturated carbocycles. The third-order valence-electron chi connectivity index (χ3n) is 5.34. The van der Waals surface area contributed by atoms with Crippen LogP contribution in [-0.4, -0.2) is 29.6 Å². The first-order chi connectivity index (χ1) is 11.4. The quantitative estimate of drug-likeness (QED) is 0.221. The van der Waals surface area contributed by atoms with Crippen LogP contribution >= 0.6 is 0 Å². The Morgan fingerprint density at radius 1 is 0.917 bits per heavy atom. The van der Waals surface area contributed by atoms with Crippen molar-refractivity contribution in [2.45, 2.75) is 106 Å². The van der Waals surface area contributed by atoms with Crippen LogP contribution in [0.15, 0.2) is 21.8 Å². The number of hydrogen-bond acceptors (Lipinski definition) is 1. The second-order valence-electron chi connectivity index (χ2n) is 7.75. The predicted molar refractivity (Wildman–Crippen MR) is 113 cm³/mol. The van der Waals surface area contributed by atoms with E-state index in [9.17, 15) is 5.11 Å². The molecule has 0 amide bonds. The number of allylic oxidation sites excluding steroid dienone is 2. The third kappa shape index (κ3) is 10.3. The molecule has 2 atom stereocenters. The van der Waals surface area contributed by atoms with E-state index in [1.54, 1.807) is 0 Å². The normalized spacial score (nSPS) is 15.9. The molecule has 0 fully saturated rings. The zero-order valence-corrected chi connectivity index (χ0v) is 20.3. The van der Waals surface area contributed by atoms with E-state index >= 15 is 0 Å². The van der Waals surface area contributed by atoms with E-state index in [0.29, 0.717) is 0 Å². The molecular formula is C22H44OSn. The van der Waals surface area contributed by atoms with Gasteiger partial charge in [0.25, 0.3) is 0 Å². The molecule has 0 bridgehead atoms. The summed E-state index contributed by atoms with van der Waals surface area (Å²) in [7, 11) is 0. The number of aliphatic hydroxyl groups excluding tert-OH is 1. The second-order valence-corrected chi connectivity index (χ2v) is 20.8. The Kier molecular flexibility index (Phi) is 14.6. The van der Waals surface area contributed by atoms with E-state index in [-0.39, 0.29) is 12.0 Å². The molecule has 0 aliphatic carbocycles. The van der Waals surface area contributed by atoms with Gasteiger partial charge in [-0.25, -0.2) is 0 Å². The van der Waals surface area contributed by atoms with Gasteiger partial charge in [0.15, 0.2) is 0 Å². The molecule has 1 N–H and O–H groups in total. The fraction of sp³-hybridized carbons (Fsp3) is 0.818. The molecule has 0 heterocycles. The summed E-state index contributed by atoms with van der Waals surface area (Å²) in [6, 6.07) is 0. The van der Waals surface area contributed by atoms with Crippen LogP contribution in [-0.2, 0) is 0 Å². The molecule has 0 aromatic rings. The summed E-state index contributed by atoms with van der Waals surface area (Å²) < 4.78 is 7.32. The molecule has 0 spiro atoms. The summed E-state index contributed by atoms with van der Waals surface area (Å²) in [5.41, 5.74) is 1.35. The van der Waals surface area contributed by atoms with Crippen LogP contribution in [0.2, 0.25) is 13.3 Å². The molecule has 0 saturated heterocycles. The maximum atomic E-state index is 10.00. The summed E-state index contributed by atoms with van der Waals surface area (Å²) in [6.45, 7) is 13.4. The number of hydrogen-bond donors (Lipinski definition) is 1. The third-order valence-corrected chi connectivity index (χ3v) is 19.4. The average molecular weight is 443 g/mol. The Morgan fingerprint density at radius 2 is 1.38 bits per heavy atom. The molecule has 0 radical (unpaired) electrons. The van der Waals surface area contributed by atoms with E-state index in [1.807, 2.05) is 0 Å². The maximum absolute atomic E-state index is 10.00. The SMILES string of the molecule is CCC[CH2][Sn](/[CH]=C/C(C)=C/[C@H](C)[C@H](O)CC)([CH2]CCC)[CH2]CCC. The number of aliphatic hydroxyl groups is 1. The van der Waals surface area contributed by atoms with Crippen LogP contribution in [0.5, 0.6) is 0 Å². The minimum atomic E-state index is -2.15. The van der Waals surface area contributed by atoms with E-state index in [0.717, 1.165) is 6.42 Å². The van der Waals surface area contributed by atoms with Crippen molar-refractivity contribution < 1.29 is 5.11 Å². The van der Waals surface area contributed by atoms with E-state index in [4.69, 9.17) is 0 Å². The van der Waals surface area contributed by atoms with Crippen LogP contribution in [0.4, 0.5) is 0 Å². The van der Waals surface area contributed by atoms with Crippen molar-refractivity contribution in [1.82, 2.24) is 0 Å². The van der Waals surface area contributed by atoms with Crippen molar-refractivity contribution in [2.24, 2.45) is 5.92 Å². The Hall–Kier alpha value is 0.239. The van der Waals surface area contributed by atoms with Gasteiger partial charge in [-0.3, -0.25) is 0 Å². The van der Waals surface area contributed by atoms with Gasteiger partial charge in [-0.2, -0.15) is 0 Å². The molecule has 0 aliphatic heterocycles. The van der Waals surface area contributed by atoms with Gasteiger partial charge in [0, 0.05) is 0 Å². The van der Waals surface area contributed by atoms with Gasteiger partial charge in [-0.05, 0) is 0 Å². The molecule has 24 heavy (non-hydrogen) atoms. The van der Waals surface area contributed by atoms with Crippen molar-refractivity contribution in [3.8, 4) is 0 Å². The molecule has 0 aliphatic rings. The number of unbranched alkanes of at least 4 members (excludes halogenated alkanes) is 3. The van der Waals surface area contributed by atoms with Gasteiger partial charge in [0.05, 0.1) is 0 Å². The van der Waals surface area contributed by atoms with Crippen LogP contribution in [0, 0.1) is 5.92 Å². The fourth-order valence-electron chi connectivity index (χ4n) is 3.47. The first-order valence-electron chi connectivity index (χ1n) is 10.5. The van der Waals surface area contributed by atoms with Gasteiger partial charge in [0.2, 0.25) is 0 Å². The zero-order valence-electron chi connectivity index (χ0n) is 17.4. The van der Waals surface area contributed by atoms with E-state index < -0.39 is 18.4 Å². The fourth-order valence-corrected chi connectivity index (χ4v) is 17.9. The van der Waals surface area contributed by atoms with Crippen molar-refractivity contribution in [1.29, 1.82) is 0 Å². The van der Waals surface area contributed by atoms with E-state index in [1.165, 1.54) is 57.4 Å². The molecule has 0 aromatic heterocycles. The van der Waals surface area contributed by atoms with Gasteiger partial charge in [-0.15, -0.1) is 0 Å². The molecule has 1 nitrogen and oxygen atoms in total. The molecular weight excluding hydrogens is 399 g/mol. The Bertz CT molecular complexity index is 337. The molecule has 142 valence electrons. The van der Waals surface area contributed by atoms with Crippen LogP contribution in [0.3, 0.4) is 0 Å². The monoisotopic (exact) mass is 444 g/mol. The summed E-state index contributed by atoms with van der Waals surface area (Å²) >= 11 is -2.15. The van der Waals surface area contributed by atoms with Crippen molar-refractivity contribution in [3.63, 3.8) is 0 Å². The van der Waals surface area contributed by atoms with Gasteiger partial charge >= 0.3 is 157 Å². The zero-order chi connectivity index (χ0) is 18.4. The summed E-state index contributed by atoms with van der Waals surface area (Å²) in [5, 5.41) is 10.00. The second kappa shape index (κ2) is 14.4. The summed E-state index contributed by atoms with van der Waals surface area (Å²) in [4.78, 5) is 0. The molecule has 0 aromatic carbocycles. The molecule has 0 rings (SSSR count). The van der Waals surface area contributed by atoms with Crippen LogP contribution in [0.1, 0.15) is 86.5 Å². The van der Waals surface area contributed by atoms with Crippen LogP contribution in [0.25, 0.3) is 0 Å². The predicted octanol–water partition coefficient (Wildman–Crippen LogP) is 7.28. The topological polar surface area (TPSA) is 20.2 Å². The standard InChI is InChI=1S/C10H17O.3C4H9.Sn/c1-5-8(3)7-9(4)10(11)6-2;3*1-3-4-2;/h1,5,7,9-11H,6H2,2-4H3;3*1,3-4H2,2H3;/b5-1?,8-7+;;;;/t9-,10+;;;;/m0..../s1. The first kappa shape index (κ1) is 24.2. The first-order valence-corrected chi connectivity index (χ1v) is 18.2. The van der Waals surface area contributed by atoms with Crippen LogP contribution < -0.4 is 0 Å². The average Bonchev–Trinajstić information content (AvgIpc) is 2.59. The number of rotatable bonds is 14. The summed E-state index contributed by atoms with van der Waals surface area (Å²) in [5.74, 6) is 0.256. The Balaban J connectivity index is 5.18. The van der Waals surface area contributed by atoms with Crippen molar-refractivity contribution >= 4 is 18.4 Å². The van der Waals surface area contributed by atoms with Crippen molar-refractivity contribution in [2.75, 3.05) is 0 Å². The van der Waals surface area contributed by atoms with Gasteiger partial charge in [-0.1, -0.05) is 0 Å². The molecule has 2 heteroatoms. The Labute approximate surface area is 156 Å².